The second-order valence-corrected chi connectivity index (χ2v) is 7.14. The lowest BCUT2D eigenvalue weighted by atomic mass is 9.98. The minimum atomic E-state index is -0.495. The van der Waals surface area contributed by atoms with E-state index in [1.807, 2.05) is 12.1 Å². The van der Waals surface area contributed by atoms with Gasteiger partial charge in [0.15, 0.2) is 0 Å². The van der Waals surface area contributed by atoms with Crippen LogP contribution in [0.2, 0.25) is 0 Å². The molecule has 6 heteroatoms. The molecule has 0 spiro atoms. The lowest BCUT2D eigenvalue weighted by Crippen LogP contribution is -2.32. The van der Waals surface area contributed by atoms with E-state index in [1.54, 1.807) is 18.5 Å². The quantitative estimate of drug-likeness (QED) is 0.810. The number of nitrogens with one attached hydrogen (secondary N) is 2. The molecule has 0 aliphatic rings. The summed E-state index contributed by atoms with van der Waals surface area (Å²) < 4.78 is 0. The van der Waals surface area contributed by atoms with E-state index in [-0.39, 0.29) is 17.6 Å². The van der Waals surface area contributed by atoms with E-state index in [2.05, 4.69) is 48.0 Å². The van der Waals surface area contributed by atoms with Crippen molar-refractivity contribution in [2.45, 2.75) is 46.6 Å². The molecular weight excluding hydrogens is 316 g/mol. The summed E-state index contributed by atoms with van der Waals surface area (Å²) >= 11 is 0. The van der Waals surface area contributed by atoms with Gasteiger partial charge in [0.25, 0.3) is 5.91 Å². The summed E-state index contributed by atoms with van der Waals surface area (Å²) in [6, 6.07) is 5.28. The van der Waals surface area contributed by atoms with Crippen LogP contribution < -0.4 is 11.0 Å². The Labute approximate surface area is 148 Å². The number of H-pyrrole nitrogens is 1. The smallest absolute Gasteiger partial charge is 0.344 e. The second-order valence-electron chi connectivity index (χ2n) is 7.14. The number of hydrogen-bond donors (Lipinski definition) is 2. The largest absolute Gasteiger partial charge is 0.345 e. The molecule has 2 rings (SSSR count). The SMILES string of the molecule is CC(C)Cc1cc(C(=O)NC(CC(C)C)c2cccnc2)nc(=O)[nH]1. The van der Waals surface area contributed by atoms with Crippen molar-refractivity contribution in [1.82, 2.24) is 20.3 Å². The Balaban J connectivity index is 2.23. The molecule has 0 saturated carbocycles. The van der Waals surface area contributed by atoms with E-state index in [0.29, 0.717) is 18.3 Å². The van der Waals surface area contributed by atoms with Gasteiger partial charge in [0.1, 0.15) is 5.69 Å². The highest BCUT2D eigenvalue weighted by Gasteiger charge is 2.19. The van der Waals surface area contributed by atoms with Crippen LogP contribution in [0.4, 0.5) is 0 Å². The standard InChI is InChI=1S/C19H26N4O2/c1-12(2)8-15-10-17(23-19(25)21-15)18(24)22-16(9-13(3)4)14-6-5-7-20-11-14/h5-7,10-13,16H,8-9H2,1-4H3,(H,22,24)(H,21,23,25). The van der Waals surface area contributed by atoms with Crippen LogP contribution in [0.1, 0.15) is 61.9 Å². The van der Waals surface area contributed by atoms with Crippen molar-refractivity contribution >= 4 is 5.91 Å². The van der Waals surface area contributed by atoms with E-state index in [0.717, 1.165) is 17.7 Å². The highest BCUT2D eigenvalue weighted by Crippen LogP contribution is 2.21. The maximum absolute atomic E-state index is 12.7. The van der Waals surface area contributed by atoms with Gasteiger partial charge in [-0.15, -0.1) is 0 Å². The van der Waals surface area contributed by atoms with Crippen molar-refractivity contribution in [3.05, 3.63) is 58.0 Å². The summed E-state index contributed by atoms with van der Waals surface area (Å²) in [5.74, 6) is 0.429. The van der Waals surface area contributed by atoms with Crippen molar-refractivity contribution in [1.29, 1.82) is 0 Å². The molecule has 0 aromatic carbocycles. The van der Waals surface area contributed by atoms with Gasteiger partial charge in [-0.1, -0.05) is 33.8 Å². The molecular formula is C19H26N4O2. The summed E-state index contributed by atoms with van der Waals surface area (Å²) in [6.45, 7) is 8.31. The van der Waals surface area contributed by atoms with Crippen molar-refractivity contribution < 1.29 is 4.79 Å². The number of carbonyl (C=O) groups is 1. The number of hydrogen-bond acceptors (Lipinski definition) is 4. The molecule has 0 aliphatic carbocycles. The third-order valence-electron chi connectivity index (χ3n) is 3.76. The summed E-state index contributed by atoms with van der Waals surface area (Å²) in [5.41, 5.74) is 1.32. The van der Waals surface area contributed by atoms with Crippen LogP contribution in [0, 0.1) is 11.8 Å². The minimum absolute atomic E-state index is 0.150. The molecule has 0 aliphatic heterocycles. The molecule has 2 heterocycles. The number of aromatic amines is 1. The van der Waals surface area contributed by atoms with E-state index in [4.69, 9.17) is 0 Å². The van der Waals surface area contributed by atoms with Gasteiger partial charge < -0.3 is 10.3 Å². The summed E-state index contributed by atoms with van der Waals surface area (Å²) in [6.07, 6.45) is 4.92. The van der Waals surface area contributed by atoms with Crippen LogP contribution in [0.25, 0.3) is 0 Å². The van der Waals surface area contributed by atoms with E-state index in [1.165, 1.54) is 0 Å². The molecule has 0 bridgehead atoms. The van der Waals surface area contributed by atoms with E-state index < -0.39 is 5.69 Å². The molecule has 6 nitrogen and oxygen atoms in total. The molecule has 0 saturated heterocycles. The number of carbonyl (C=O) groups excluding carboxylic acids is 1. The molecule has 0 fully saturated rings. The molecule has 1 amide bonds. The molecule has 2 aromatic heterocycles. The lowest BCUT2D eigenvalue weighted by Gasteiger charge is -2.20. The number of rotatable bonds is 7. The average molecular weight is 342 g/mol. The van der Waals surface area contributed by atoms with Crippen molar-refractivity contribution in [2.24, 2.45) is 11.8 Å². The lowest BCUT2D eigenvalue weighted by molar-refractivity contribution is 0.0926. The zero-order valence-electron chi connectivity index (χ0n) is 15.2. The first-order valence-corrected chi connectivity index (χ1v) is 8.66. The predicted octanol–water partition coefficient (Wildman–Crippen LogP) is 2.88. The van der Waals surface area contributed by atoms with Crippen LogP contribution in [-0.2, 0) is 6.42 Å². The van der Waals surface area contributed by atoms with Gasteiger partial charge in [-0.3, -0.25) is 9.78 Å². The van der Waals surface area contributed by atoms with Gasteiger partial charge in [-0.2, -0.15) is 4.98 Å². The molecule has 25 heavy (non-hydrogen) atoms. The first kappa shape index (κ1) is 18.8. The topological polar surface area (TPSA) is 87.7 Å². The Hall–Kier alpha value is -2.50. The molecule has 2 N–H and O–H groups in total. The summed E-state index contributed by atoms with van der Waals surface area (Å²) in [5, 5.41) is 2.99. The van der Waals surface area contributed by atoms with Crippen molar-refractivity contribution in [2.75, 3.05) is 0 Å². The molecule has 2 aromatic rings. The zero-order chi connectivity index (χ0) is 18.4. The fraction of sp³-hybridized carbons (Fsp3) is 0.474. The Morgan fingerprint density at radius 1 is 1.24 bits per heavy atom. The maximum atomic E-state index is 12.7. The van der Waals surface area contributed by atoms with Crippen LogP contribution >= 0.6 is 0 Å². The summed E-state index contributed by atoms with van der Waals surface area (Å²) in [4.78, 5) is 35.1. The van der Waals surface area contributed by atoms with Crippen molar-refractivity contribution in [3.63, 3.8) is 0 Å². The molecule has 134 valence electrons. The molecule has 1 unspecified atom stereocenters. The highest BCUT2D eigenvalue weighted by molar-refractivity contribution is 5.92. The normalized spacial score (nSPS) is 12.4. The average Bonchev–Trinajstić information content (AvgIpc) is 2.53. The third kappa shape index (κ3) is 5.81. The first-order valence-electron chi connectivity index (χ1n) is 8.66. The Kier molecular flexibility index (Phi) is 6.44. The third-order valence-corrected chi connectivity index (χ3v) is 3.76. The predicted molar refractivity (Wildman–Crippen MR) is 97.3 cm³/mol. The first-order chi connectivity index (χ1) is 11.8. The van der Waals surface area contributed by atoms with Gasteiger partial charge in [-0.25, -0.2) is 4.79 Å². The number of nitrogens with zero attached hydrogens (tertiary/aromatic N) is 2. The van der Waals surface area contributed by atoms with Gasteiger partial charge >= 0.3 is 5.69 Å². The number of amides is 1. The van der Waals surface area contributed by atoms with Crippen LogP contribution in [-0.4, -0.2) is 20.9 Å². The van der Waals surface area contributed by atoms with Gasteiger partial charge in [0, 0.05) is 18.1 Å². The maximum Gasteiger partial charge on any atom is 0.345 e. The number of pyridine rings is 1. The van der Waals surface area contributed by atoms with Crippen molar-refractivity contribution in [3.8, 4) is 0 Å². The monoisotopic (exact) mass is 342 g/mol. The van der Waals surface area contributed by atoms with Crippen LogP contribution in [0.3, 0.4) is 0 Å². The van der Waals surface area contributed by atoms with Crippen LogP contribution in [0.15, 0.2) is 35.4 Å². The Bertz CT molecular complexity index is 754. The van der Waals surface area contributed by atoms with E-state index in [9.17, 15) is 9.59 Å². The van der Waals surface area contributed by atoms with E-state index >= 15 is 0 Å². The van der Waals surface area contributed by atoms with Gasteiger partial charge in [-0.05, 0) is 42.4 Å². The minimum Gasteiger partial charge on any atom is -0.344 e. The fourth-order valence-corrected chi connectivity index (χ4v) is 2.74. The Morgan fingerprint density at radius 2 is 2.00 bits per heavy atom. The Morgan fingerprint density at radius 3 is 2.60 bits per heavy atom. The zero-order valence-corrected chi connectivity index (χ0v) is 15.2. The van der Waals surface area contributed by atoms with Crippen LogP contribution in [0.5, 0.6) is 0 Å². The highest BCUT2D eigenvalue weighted by atomic mass is 16.2. The second kappa shape index (κ2) is 8.55. The fourth-order valence-electron chi connectivity index (χ4n) is 2.74. The molecule has 1 atom stereocenters. The van der Waals surface area contributed by atoms with Gasteiger partial charge in [0.2, 0.25) is 0 Å². The molecule has 0 radical (unpaired) electrons. The van der Waals surface area contributed by atoms with Gasteiger partial charge in [0.05, 0.1) is 6.04 Å². The summed E-state index contributed by atoms with van der Waals surface area (Å²) in [7, 11) is 0. The number of aromatic nitrogens is 3.